The Kier molecular flexibility index (Phi) is 6.87. The van der Waals surface area contributed by atoms with Crippen molar-refractivity contribution < 1.29 is 17.9 Å². The molecule has 7 heteroatoms. The van der Waals surface area contributed by atoms with Crippen LogP contribution >= 0.6 is 0 Å². The smallest absolute Gasteiger partial charge is 0.261 e. The minimum absolute atomic E-state index is 0.104. The molecule has 1 saturated heterocycles. The molecular formula is C25H26N2O4S. The van der Waals surface area contributed by atoms with Gasteiger partial charge >= 0.3 is 0 Å². The fraction of sp³-hybridized carbons (Fsp3) is 0.240. The van der Waals surface area contributed by atoms with Crippen LogP contribution in [0.4, 0.5) is 5.69 Å². The van der Waals surface area contributed by atoms with Crippen LogP contribution in [0.1, 0.15) is 28.8 Å². The number of likely N-dealkylation sites (tertiary alicyclic amines) is 1. The van der Waals surface area contributed by atoms with E-state index in [4.69, 9.17) is 4.74 Å². The molecule has 0 saturated carbocycles. The Labute approximate surface area is 188 Å². The molecule has 6 nitrogen and oxygen atoms in total. The molecule has 166 valence electrons. The summed E-state index contributed by atoms with van der Waals surface area (Å²) in [6.45, 7) is 1.79. The summed E-state index contributed by atoms with van der Waals surface area (Å²) in [6, 6.07) is 24.8. The molecule has 32 heavy (non-hydrogen) atoms. The number of piperidine rings is 1. The molecular weight excluding hydrogens is 424 g/mol. The first-order valence-corrected chi connectivity index (χ1v) is 12.1. The standard InChI is InChI=1S/C25H26N2O4S/c28-25(27-16-14-23(15-17-27)31-19-20-8-3-1-4-9-20)21-10-7-11-22(18-21)26-32(29,30)24-12-5-2-6-13-24/h1-13,18,23,26H,14-17,19H2. The van der Waals surface area contributed by atoms with Crippen molar-refractivity contribution in [3.05, 3.63) is 96.1 Å². The van der Waals surface area contributed by atoms with E-state index < -0.39 is 10.0 Å². The lowest BCUT2D eigenvalue weighted by molar-refractivity contribution is -0.000379. The maximum Gasteiger partial charge on any atom is 0.261 e. The van der Waals surface area contributed by atoms with Crippen LogP contribution in [-0.2, 0) is 21.4 Å². The Morgan fingerprint density at radius 3 is 2.25 bits per heavy atom. The molecule has 1 aliphatic heterocycles. The monoisotopic (exact) mass is 450 g/mol. The Hall–Kier alpha value is -3.16. The second-order valence-electron chi connectivity index (χ2n) is 7.79. The summed E-state index contributed by atoms with van der Waals surface area (Å²) in [5.41, 5.74) is 1.96. The molecule has 4 rings (SSSR count). The number of anilines is 1. The van der Waals surface area contributed by atoms with Gasteiger partial charge in [0.2, 0.25) is 0 Å². The van der Waals surface area contributed by atoms with Gasteiger partial charge < -0.3 is 9.64 Å². The SMILES string of the molecule is O=C(c1cccc(NS(=O)(=O)c2ccccc2)c1)N1CCC(OCc2ccccc2)CC1. The number of ether oxygens (including phenoxy) is 1. The van der Waals surface area contributed by atoms with Crippen LogP contribution in [0.2, 0.25) is 0 Å². The molecule has 1 aliphatic rings. The fourth-order valence-corrected chi connectivity index (χ4v) is 4.80. The zero-order chi connectivity index (χ0) is 22.4. The summed E-state index contributed by atoms with van der Waals surface area (Å²) in [7, 11) is -3.71. The van der Waals surface area contributed by atoms with Gasteiger partial charge in [-0.3, -0.25) is 9.52 Å². The van der Waals surface area contributed by atoms with Gasteiger partial charge in [-0.15, -0.1) is 0 Å². The Balaban J connectivity index is 1.34. The van der Waals surface area contributed by atoms with Crippen LogP contribution in [0.25, 0.3) is 0 Å². The van der Waals surface area contributed by atoms with E-state index in [1.54, 1.807) is 47.4 Å². The van der Waals surface area contributed by atoms with E-state index in [0.717, 1.165) is 18.4 Å². The highest BCUT2D eigenvalue weighted by molar-refractivity contribution is 7.92. The first kappa shape index (κ1) is 22.0. The number of hydrogen-bond donors (Lipinski definition) is 1. The third-order valence-electron chi connectivity index (χ3n) is 5.47. The number of nitrogens with zero attached hydrogens (tertiary/aromatic N) is 1. The number of hydrogen-bond acceptors (Lipinski definition) is 4. The fourth-order valence-electron chi connectivity index (χ4n) is 3.73. The van der Waals surface area contributed by atoms with E-state index >= 15 is 0 Å². The van der Waals surface area contributed by atoms with Gasteiger partial charge in [-0.2, -0.15) is 0 Å². The third kappa shape index (κ3) is 5.55. The number of carbonyl (C=O) groups excluding carboxylic acids is 1. The first-order valence-electron chi connectivity index (χ1n) is 10.6. The average molecular weight is 451 g/mol. The lowest BCUT2D eigenvalue weighted by atomic mass is 10.1. The summed E-state index contributed by atoms with van der Waals surface area (Å²) in [5, 5.41) is 0. The van der Waals surface area contributed by atoms with Crippen LogP contribution in [0, 0.1) is 0 Å². The molecule has 1 fully saturated rings. The topological polar surface area (TPSA) is 75.7 Å². The van der Waals surface area contributed by atoms with E-state index in [2.05, 4.69) is 4.72 Å². The summed E-state index contributed by atoms with van der Waals surface area (Å²) >= 11 is 0. The quantitative estimate of drug-likeness (QED) is 0.582. The van der Waals surface area contributed by atoms with E-state index in [9.17, 15) is 13.2 Å². The highest BCUT2D eigenvalue weighted by Crippen LogP contribution is 2.21. The molecule has 1 amide bonds. The minimum Gasteiger partial charge on any atom is -0.373 e. The molecule has 0 unspecified atom stereocenters. The van der Waals surface area contributed by atoms with Gasteiger partial charge in [0.25, 0.3) is 15.9 Å². The van der Waals surface area contributed by atoms with Crippen molar-refractivity contribution in [2.75, 3.05) is 17.8 Å². The summed E-state index contributed by atoms with van der Waals surface area (Å²) in [4.78, 5) is 15.0. The zero-order valence-corrected chi connectivity index (χ0v) is 18.5. The molecule has 0 spiro atoms. The first-order chi connectivity index (χ1) is 15.5. The number of rotatable bonds is 7. The maximum atomic E-state index is 13.0. The number of sulfonamides is 1. The highest BCUT2D eigenvalue weighted by Gasteiger charge is 2.24. The van der Waals surface area contributed by atoms with Crippen molar-refractivity contribution in [1.82, 2.24) is 4.90 Å². The lowest BCUT2D eigenvalue weighted by Crippen LogP contribution is -2.40. The second-order valence-corrected chi connectivity index (χ2v) is 9.47. The average Bonchev–Trinajstić information content (AvgIpc) is 2.84. The summed E-state index contributed by atoms with van der Waals surface area (Å²) < 4.78 is 33.7. The van der Waals surface area contributed by atoms with Crippen LogP contribution in [-0.4, -0.2) is 38.4 Å². The largest absolute Gasteiger partial charge is 0.373 e. The molecule has 3 aromatic carbocycles. The van der Waals surface area contributed by atoms with Gasteiger partial charge in [-0.05, 0) is 48.7 Å². The van der Waals surface area contributed by atoms with Gasteiger partial charge in [-0.1, -0.05) is 54.6 Å². The van der Waals surface area contributed by atoms with Crippen molar-refractivity contribution in [3.63, 3.8) is 0 Å². The maximum absolute atomic E-state index is 13.0. The van der Waals surface area contributed by atoms with Gasteiger partial charge in [0.1, 0.15) is 0 Å². The zero-order valence-electron chi connectivity index (χ0n) is 17.7. The Morgan fingerprint density at radius 1 is 0.906 bits per heavy atom. The normalized spacial score (nSPS) is 14.8. The summed E-state index contributed by atoms with van der Waals surface area (Å²) in [6.07, 6.45) is 1.68. The van der Waals surface area contributed by atoms with Crippen molar-refractivity contribution >= 4 is 21.6 Å². The van der Waals surface area contributed by atoms with Crippen LogP contribution in [0.15, 0.2) is 89.8 Å². The van der Waals surface area contributed by atoms with Crippen LogP contribution in [0.5, 0.6) is 0 Å². The predicted octanol–water partition coefficient (Wildman–Crippen LogP) is 4.31. The number of benzene rings is 3. The minimum atomic E-state index is -3.71. The Morgan fingerprint density at radius 2 is 1.56 bits per heavy atom. The van der Waals surface area contributed by atoms with Gasteiger partial charge in [0.05, 0.1) is 17.6 Å². The van der Waals surface area contributed by atoms with Crippen molar-refractivity contribution in [3.8, 4) is 0 Å². The molecule has 1 heterocycles. The van der Waals surface area contributed by atoms with E-state index in [0.29, 0.717) is 30.9 Å². The molecule has 1 N–H and O–H groups in total. The van der Waals surface area contributed by atoms with Crippen LogP contribution < -0.4 is 4.72 Å². The van der Waals surface area contributed by atoms with E-state index in [-0.39, 0.29) is 16.9 Å². The summed E-state index contributed by atoms with van der Waals surface area (Å²) in [5.74, 6) is -0.104. The van der Waals surface area contributed by atoms with Crippen molar-refractivity contribution in [2.45, 2.75) is 30.4 Å². The van der Waals surface area contributed by atoms with Crippen molar-refractivity contribution in [1.29, 1.82) is 0 Å². The molecule has 0 aromatic heterocycles. The number of amides is 1. The molecule has 3 aromatic rings. The third-order valence-corrected chi connectivity index (χ3v) is 6.87. The lowest BCUT2D eigenvalue weighted by Gasteiger charge is -2.32. The predicted molar refractivity (Wildman–Crippen MR) is 124 cm³/mol. The second kappa shape index (κ2) is 9.97. The van der Waals surface area contributed by atoms with Gasteiger partial charge in [-0.25, -0.2) is 8.42 Å². The van der Waals surface area contributed by atoms with Gasteiger partial charge in [0, 0.05) is 24.3 Å². The Bertz CT molecular complexity index is 1140. The van der Waals surface area contributed by atoms with E-state index in [1.165, 1.54) is 12.1 Å². The van der Waals surface area contributed by atoms with Crippen LogP contribution in [0.3, 0.4) is 0 Å². The molecule has 0 radical (unpaired) electrons. The number of carbonyl (C=O) groups is 1. The molecule has 0 atom stereocenters. The van der Waals surface area contributed by atoms with Gasteiger partial charge in [0.15, 0.2) is 0 Å². The molecule has 0 aliphatic carbocycles. The van der Waals surface area contributed by atoms with Crippen molar-refractivity contribution in [2.24, 2.45) is 0 Å². The van der Waals surface area contributed by atoms with E-state index in [1.807, 2.05) is 30.3 Å². The molecule has 0 bridgehead atoms. The number of nitrogens with one attached hydrogen (secondary N) is 1. The highest BCUT2D eigenvalue weighted by atomic mass is 32.2.